The Morgan fingerprint density at radius 3 is 2.64 bits per heavy atom. The number of carbonyl (C=O) groups excluding carboxylic acids is 3. The molecule has 9 nitrogen and oxygen atoms in total. The van der Waals surface area contributed by atoms with Gasteiger partial charge in [0.15, 0.2) is 5.13 Å². The number of carboxylic acid groups (broad SMARTS) is 1. The van der Waals surface area contributed by atoms with E-state index in [2.05, 4.69) is 15.6 Å². The molecule has 0 aromatic carbocycles. The molecule has 5 N–H and O–H groups in total. The first-order valence-corrected chi connectivity index (χ1v) is 7.33. The molecule has 1 aliphatic rings. The van der Waals surface area contributed by atoms with E-state index in [1.807, 2.05) is 0 Å². The summed E-state index contributed by atoms with van der Waals surface area (Å²) in [5, 5.41) is 15.3. The molecular weight excluding hydrogens is 312 g/mol. The third-order valence-electron chi connectivity index (χ3n) is 2.92. The Balaban J connectivity index is 1.96. The van der Waals surface area contributed by atoms with Crippen LogP contribution in [0.15, 0.2) is 5.38 Å². The Kier molecular flexibility index (Phi) is 4.71. The van der Waals surface area contributed by atoms with Gasteiger partial charge >= 0.3 is 5.97 Å². The molecule has 3 amide bonds. The van der Waals surface area contributed by atoms with Crippen LogP contribution in [0.4, 0.5) is 5.13 Å². The summed E-state index contributed by atoms with van der Waals surface area (Å²) in [5.41, 5.74) is 4.89. The van der Waals surface area contributed by atoms with Crippen LogP contribution in [0, 0.1) is 5.92 Å². The van der Waals surface area contributed by atoms with Crippen LogP contribution in [0.2, 0.25) is 0 Å². The van der Waals surface area contributed by atoms with Gasteiger partial charge in [0.05, 0.1) is 6.42 Å². The number of carboxylic acids is 1. The molecule has 1 heterocycles. The fraction of sp³-hybridized carbons (Fsp3) is 0.417. The molecule has 2 rings (SSSR count). The second kappa shape index (κ2) is 6.52. The summed E-state index contributed by atoms with van der Waals surface area (Å²) >= 11 is 1.06. The van der Waals surface area contributed by atoms with Crippen molar-refractivity contribution in [3.8, 4) is 0 Å². The highest BCUT2D eigenvalue weighted by molar-refractivity contribution is 7.14. The zero-order valence-electron chi connectivity index (χ0n) is 11.4. The van der Waals surface area contributed by atoms with E-state index < -0.39 is 30.2 Å². The molecule has 1 fully saturated rings. The number of nitrogens with one attached hydrogen (secondary N) is 2. The molecule has 0 aliphatic heterocycles. The van der Waals surface area contributed by atoms with Gasteiger partial charge in [-0.05, 0) is 12.8 Å². The van der Waals surface area contributed by atoms with Gasteiger partial charge in [0.1, 0.15) is 11.7 Å². The van der Waals surface area contributed by atoms with Crippen molar-refractivity contribution in [1.82, 2.24) is 10.3 Å². The zero-order chi connectivity index (χ0) is 16.3. The van der Waals surface area contributed by atoms with Gasteiger partial charge in [-0.25, -0.2) is 9.78 Å². The maximum absolute atomic E-state index is 11.9. The monoisotopic (exact) mass is 326 g/mol. The number of nitrogens with zero attached hydrogens (tertiary/aromatic N) is 1. The Morgan fingerprint density at radius 1 is 1.41 bits per heavy atom. The Bertz CT molecular complexity index is 625. The van der Waals surface area contributed by atoms with Crippen LogP contribution >= 0.6 is 11.3 Å². The average Bonchev–Trinajstić information content (AvgIpc) is 3.18. The van der Waals surface area contributed by atoms with E-state index in [0.717, 1.165) is 24.2 Å². The molecule has 1 saturated carbocycles. The Hall–Kier alpha value is -2.49. The van der Waals surface area contributed by atoms with E-state index in [4.69, 9.17) is 10.8 Å². The Morgan fingerprint density at radius 2 is 2.09 bits per heavy atom. The van der Waals surface area contributed by atoms with E-state index in [9.17, 15) is 19.2 Å². The summed E-state index contributed by atoms with van der Waals surface area (Å²) in [6, 6.07) is -1.42. The van der Waals surface area contributed by atoms with Crippen molar-refractivity contribution in [1.29, 1.82) is 0 Å². The van der Waals surface area contributed by atoms with Crippen molar-refractivity contribution in [3.63, 3.8) is 0 Å². The molecular formula is C12H14N4O5S. The highest BCUT2D eigenvalue weighted by Crippen LogP contribution is 2.30. The van der Waals surface area contributed by atoms with Crippen LogP contribution in [-0.2, 0) is 14.4 Å². The van der Waals surface area contributed by atoms with Crippen molar-refractivity contribution in [2.24, 2.45) is 11.7 Å². The molecule has 1 atom stereocenters. The van der Waals surface area contributed by atoms with Crippen molar-refractivity contribution in [2.75, 3.05) is 5.32 Å². The van der Waals surface area contributed by atoms with Crippen LogP contribution in [0.1, 0.15) is 29.8 Å². The predicted octanol–water partition coefficient (Wildman–Crippen LogP) is -0.450. The summed E-state index contributed by atoms with van der Waals surface area (Å²) in [6.07, 6.45) is 1.17. The normalized spacial score (nSPS) is 14.9. The van der Waals surface area contributed by atoms with E-state index in [1.54, 1.807) is 0 Å². The van der Waals surface area contributed by atoms with Crippen molar-refractivity contribution in [2.45, 2.75) is 25.3 Å². The first-order chi connectivity index (χ1) is 10.4. The zero-order valence-corrected chi connectivity index (χ0v) is 12.2. The summed E-state index contributed by atoms with van der Waals surface area (Å²) in [6.45, 7) is 0. The van der Waals surface area contributed by atoms with Crippen molar-refractivity contribution in [3.05, 3.63) is 11.1 Å². The maximum atomic E-state index is 11.9. The van der Waals surface area contributed by atoms with E-state index in [-0.39, 0.29) is 22.7 Å². The quantitative estimate of drug-likeness (QED) is 0.532. The van der Waals surface area contributed by atoms with Gasteiger partial charge in [-0.3, -0.25) is 14.4 Å². The lowest BCUT2D eigenvalue weighted by Crippen LogP contribution is -2.43. The first kappa shape index (κ1) is 15.9. The van der Waals surface area contributed by atoms with E-state index >= 15 is 0 Å². The second-order valence-corrected chi connectivity index (χ2v) is 5.69. The van der Waals surface area contributed by atoms with Crippen LogP contribution in [0.3, 0.4) is 0 Å². The largest absolute Gasteiger partial charge is 0.480 e. The lowest BCUT2D eigenvalue weighted by Gasteiger charge is -2.11. The number of hydrogen-bond donors (Lipinski definition) is 4. The molecule has 1 unspecified atom stereocenters. The smallest absolute Gasteiger partial charge is 0.326 e. The minimum Gasteiger partial charge on any atom is -0.480 e. The number of hydrogen-bond acceptors (Lipinski definition) is 6. The third kappa shape index (κ3) is 4.25. The molecule has 1 aliphatic carbocycles. The van der Waals surface area contributed by atoms with Crippen molar-refractivity contribution < 1.29 is 24.3 Å². The molecule has 1 aromatic rings. The number of primary amides is 1. The number of carbonyl (C=O) groups is 4. The molecule has 0 bridgehead atoms. The van der Waals surface area contributed by atoms with Gasteiger partial charge in [-0.1, -0.05) is 0 Å². The fourth-order valence-corrected chi connectivity index (χ4v) is 2.32. The highest BCUT2D eigenvalue weighted by Gasteiger charge is 2.30. The Labute approximate surface area is 128 Å². The molecule has 0 spiro atoms. The fourth-order valence-electron chi connectivity index (χ4n) is 1.62. The molecule has 0 saturated heterocycles. The summed E-state index contributed by atoms with van der Waals surface area (Å²) in [4.78, 5) is 49.1. The molecule has 10 heteroatoms. The lowest BCUT2D eigenvalue weighted by atomic mass is 10.2. The molecule has 1 aromatic heterocycles. The number of nitrogens with two attached hydrogens (primary N) is 1. The lowest BCUT2D eigenvalue weighted by molar-refractivity contribution is -0.140. The minimum atomic E-state index is -1.42. The minimum absolute atomic E-state index is 0.00753. The van der Waals surface area contributed by atoms with Gasteiger partial charge < -0.3 is 21.5 Å². The van der Waals surface area contributed by atoms with Gasteiger partial charge in [-0.2, -0.15) is 0 Å². The van der Waals surface area contributed by atoms with Gasteiger partial charge in [0.25, 0.3) is 5.91 Å². The number of amides is 3. The van der Waals surface area contributed by atoms with E-state index in [0.29, 0.717) is 0 Å². The van der Waals surface area contributed by atoms with Crippen molar-refractivity contribution >= 4 is 40.2 Å². The number of aromatic nitrogens is 1. The van der Waals surface area contributed by atoms with Gasteiger partial charge in [0, 0.05) is 11.3 Å². The number of anilines is 1. The molecule has 118 valence electrons. The summed E-state index contributed by atoms with van der Waals surface area (Å²) in [7, 11) is 0. The average molecular weight is 326 g/mol. The summed E-state index contributed by atoms with van der Waals surface area (Å²) in [5.74, 6) is -3.10. The predicted molar refractivity (Wildman–Crippen MR) is 76.2 cm³/mol. The number of thiazole rings is 1. The third-order valence-corrected chi connectivity index (χ3v) is 3.68. The van der Waals surface area contributed by atoms with Gasteiger partial charge in [-0.15, -0.1) is 11.3 Å². The highest BCUT2D eigenvalue weighted by atomic mass is 32.1. The van der Waals surface area contributed by atoms with E-state index in [1.165, 1.54) is 5.38 Å². The summed E-state index contributed by atoms with van der Waals surface area (Å²) < 4.78 is 0. The van der Waals surface area contributed by atoms with Crippen LogP contribution in [0.25, 0.3) is 0 Å². The number of aliphatic carboxylic acids is 1. The SMILES string of the molecule is NC(=O)CC(NC(=O)c1csc(NC(=O)C2CC2)n1)C(=O)O. The standard InChI is InChI=1S/C12H14N4O5S/c13-8(17)3-6(11(20)21)14-10(19)7-4-22-12(15-7)16-9(18)5-1-2-5/h4-6H,1-3H2,(H2,13,17)(H,14,19)(H,20,21)(H,15,16,18). The topological polar surface area (TPSA) is 151 Å². The van der Waals surface area contributed by atoms with Crippen LogP contribution < -0.4 is 16.4 Å². The number of rotatable bonds is 7. The maximum Gasteiger partial charge on any atom is 0.326 e. The molecule has 0 radical (unpaired) electrons. The van der Waals surface area contributed by atoms with Crippen LogP contribution in [-0.4, -0.2) is 39.8 Å². The second-order valence-electron chi connectivity index (χ2n) is 4.84. The van der Waals surface area contributed by atoms with Crippen LogP contribution in [0.5, 0.6) is 0 Å². The van der Waals surface area contributed by atoms with Gasteiger partial charge in [0.2, 0.25) is 11.8 Å². The first-order valence-electron chi connectivity index (χ1n) is 6.45. The molecule has 22 heavy (non-hydrogen) atoms.